The Kier molecular flexibility index (Phi) is 6.34. The number of ether oxygens (including phenoxy) is 2. The van der Waals surface area contributed by atoms with Crippen molar-refractivity contribution in [3.63, 3.8) is 0 Å². The van der Waals surface area contributed by atoms with Gasteiger partial charge in [-0.3, -0.25) is 9.36 Å². The lowest BCUT2D eigenvalue weighted by Crippen LogP contribution is -2.39. The summed E-state index contributed by atoms with van der Waals surface area (Å²) in [7, 11) is 1.68. The van der Waals surface area contributed by atoms with Crippen LogP contribution in [-0.2, 0) is 6.42 Å². The Labute approximate surface area is 227 Å². The molecule has 2 heterocycles. The van der Waals surface area contributed by atoms with Gasteiger partial charge in [-0.05, 0) is 76.7 Å². The fourth-order valence-electron chi connectivity index (χ4n) is 5.22. The predicted octanol–water partition coefficient (Wildman–Crippen LogP) is 5.49. The normalized spacial score (nSPS) is 16.5. The zero-order valence-electron chi connectivity index (χ0n) is 20.5. The number of methoxy groups -OCH3 is 1. The second-order valence-electron chi connectivity index (χ2n) is 8.98. The topological polar surface area (TPSA) is 52.8 Å². The van der Waals surface area contributed by atoms with Crippen molar-refractivity contribution in [3.05, 3.63) is 119 Å². The van der Waals surface area contributed by atoms with Crippen LogP contribution < -0.4 is 24.4 Å². The minimum atomic E-state index is -0.273. The molecule has 0 saturated carbocycles. The average molecular weight is 574 g/mol. The lowest BCUT2D eigenvalue weighted by molar-refractivity contribution is 0.338. The Bertz CT molecular complexity index is 1730. The minimum absolute atomic E-state index is 0.0462. The van der Waals surface area contributed by atoms with Gasteiger partial charge in [-0.25, -0.2) is 4.99 Å². The van der Waals surface area contributed by atoms with E-state index in [1.54, 1.807) is 7.11 Å². The van der Waals surface area contributed by atoms with Crippen LogP contribution in [0.2, 0.25) is 0 Å². The summed E-state index contributed by atoms with van der Waals surface area (Å²) in [5.74, 6) is 1.55. The van der Waals surface area contributed by atoms with Gasteiger partial charge < -0.3 is 9.47 Å². The van der Waals surface area contributed by atoms with E-state index in [9.17, 15) is 4.79 Å². The van der Waals surface area contributed by atoms with Crippen LogP contribution in [0.1, 0.15) is 41.6 Å². The Balaban J connectivity index is 1.59. The molecule has 6 rings (SSSR count). The van der Waals surface area contributed by atoms with Crippen molar-refractivity contribution in [2.24, 2.45) is 4.99 Å². The van der Waals surface area contributed by atoms with E-state index in [2.05, 4.69) is 46.3 Å². The van der Waals surface area contributed by atoms with Gasteiger partial charge in [0.2, 0.25) is 0 Å². The molecule has 0 amide bonds. The highest BCUT2D eigenvalue weighted by molar-refractivity contribution is 9.10. The van der Waals surface area contributed by atoms with Gasteiger partial charge in [0.15, 0.2) is 4.80 Å². The van der Waals surface area contributed by atoms with Gasteiger partial charge in [-0.2, -0.15) is 0 Å². The predicted molar refractivity (Wildman–Crippen MR) is 151 cm³/mol. The Morgan fingerprint density at radius 3 is 2.70 bits per heavy atom. The summed E-state index contributed by atoms with van der Waals surface area (Å²) < 4.78 is 14.8. The van der Waals surface area contributed by atoms with Gasteiger partial charge in [0.25, 0.3) is 5.56 Å². The van der Waals surface area contributed by atoms with Gasteiger partial charge in [-0.15, -0.1) is 0 Å². The van der Waals surface area contributed by atoms with Crippen LogP contribution in [0.4, 0.5) is 0 Å². The van der Waals surface area contributed by atoms with Crippen molar-refractivity contribution in [2.75, 3.05) is 13.7 Å². The van der Waals surface area contributed by atoms with Crippen LogP contribution in [0.15, 0.2) is 86.6 Å². The molecule has 5 nitrogen and oxygen atoms in total. The number of para-hydroxylation sites is 1. The highest BCUT2D eigenvalue weighted by atomic mass is 79.9. The Hall–Kier alpha value is -3.42. The number of fused-ring (bicyclic) bond motifs is 3. The molecule has 1 unspecified atom stereocenters. The zero-order chi connectivity index (χ0) is 25.5. The number of benzene rings is 3. The molecule has 3 aromatic carbocycles. The third kappa shape index (κ3) is 4.16. The number of hydrogen-bond donors (Lipinski definition) is 0. The zero-order valence-corrected chi connectivity index (χ0v) is 22.9. The molecule has 0 saturated heterocycles. The van der Waals surface area contributed by atoms with Gasteiger partial charge in [0, 0.05) is 11.1 Å². The van der Waals surface area contributed by atoms with E-state index in [1.807, 2.05) is 54.0 Å². The number of thiazole rings is 1. The number of aryl methyl sites for hydroxylation is 1. The van der Waals surface area contributed by atoms with Gasteiger partial charge in [-0.1, -0.05) is 59.9 Å². The molecule has 2 aliphatic rings. The summed E-state index contributed by atoms with van der Waals surface area (Å²) in [5, 5.41) is 0. The first-order chi connectivity index (χ1) is 18.1. The molecule has 1 aliphatic heterocycles. The summed E-state index contributed by atoms with van der Waals surface area (Å²) in [5.41, 5.74) is 6.43. The maximum absolute atomic E-state index is 14.0. The number of rotatable bonds is 5. The summed E-state index contributed by atoms with van der Waals surface area (Å²) in [6, 6.07) is 22.0. The average Bonchev–Trinajstić information content (AvgIpc) is 3.23. The highest BCUT2D eigenvalue weighted by Crippen LogP contribution is 2.43. The molecule has 186 valence electrons. The molecular formula is C30H25BrN2O3S. The lowest BCUT2D eigenvalue weighted by atomic mass is 9.83. The lowest BCUT2D eigenvalue weighted by Gasteiger charge is -2.31. The maximum Gasteiger partial charge on any atom is 0.271 e. The van der Waals surface area contributed by atoms with E-state index in [-0.39, 0.29) is 11.6 Å². The second-order valence-corrected chi connectivity index (χ2v) is 10.8. The van der Waals surface area contributed by atoms with Gasteiger partial charge in [0.05, 0.1) is 34.5 Å². The van der Waals surface area contributed by atoms with E-state index < -0.39 is 0 Å². The smallest absolute Gasteiger partial charge is 0.271 e. The summed E-state index contributed by atoms with van der Waals surface area (Å²) in [4.78, 5) is 19.7. The first-order valence-corrected chi connectivity index (χ1v) is 13.9. The first-order valence-electron chi connectivity index (χ1n) is 12.3. The first kappa shape index (κ1) is 23.9. The number of allylic oxidation sites excluding steroid dienone is 1. The molecule has 0 radical (unpaired) electrons. The molecule has 37 heavy (non-hydrogen) atoms. The standard InChI is InChI=1S/C30H25BrN2O3S/c1-3-36-25-15-12-18(16-23(25)31)17-26-29(34)33-28(21-10-6-7-11-24(21)35-2)22-14-13-19-8-4-5-9-20(19)27(22)32-30(33)37-26/h4-12,15-17,28H,3,13-14H2,1-2H3/b26-17-. The van der Waals surface area contributed by atoms with Crippen molar-refractivity contribution in [3.8, 4) is 11.5 Å². The van der Waals surface area contributed by atoms with Crippen molar-refractivity contribution in [1.29, 1.82) is 0 Å². The number of halogens is 1. The molecule has 1 aliphatic carbocycles. The molecule has 0 bridgehead atoms. The van der Waals surface area contributed by atoms with Crippen molar-refractivity contribution in [2.45, 2.75) is 25.8 Å². The van der Waals surface area contributed by atoms with Crippen molar-refractivity contribution in [1.82, 2.24) is 4.57 Å². The molecule has 7 heteroatoms. The van der Waals surface area contributed by atoms with E-state index in [0.29, 0.717) is 15.9 Å². The van der Waals surface area contributed by atoms with Crippen LogP contribution >= 0.6 is 27.3 Å². The largest absolute Gasteiger partial charge is 0.496 e. The maximum atomic E-state index is 14.0. The fourth-order valence-corrected chi connectivity index (χ4v) is 6.73. The number of hydrogen-bond acceptors (Lipinski definition) is 5. The van der Waals surface area contributed by atoms with Crippen LogP contribution in [0.5, 0.6) is 11.5 Å². The van der Waals surface area contributed by atoms with E-state index in [1.165, 1.54) is 16.9 Å². The molecular weight excluding hydrogens is 548 g/mol. The minimum Gasteiger partial charge on any atom is -0.496 e. The van der Waals surface area contributed by atoms with Gasteiger partial charge >= 0.3 is 0 Å². The van der Waals surface area contributed by atoms with Gasteiger partial charge in [0.1, 0.15) is 11.5 Å². The second kappa shape index (κ2) is 9.80. The fraction of sp³-hybridized carbons (Fsp3) is 0.200. The van der Waals surface area contributed by atoms with Crippen molar-refractivity contribution < 1.29 is 9.47 Å². The van der Waals surface area contributed by atoms with Crippen LogP contribution in [0, 0.1) is 0 Å². The summed E-state index contributed by atoms with van der Waals surface area (Å²) in [6.45, 7) is 2.55. The Morgan fingerprint density at radius 2 is 1.89 bits per heavy atom. The number of aromatic nitrogens is 1. The molecule has 0 spiro atoms. The highest BCUT2D eigenvalue weighted by Gasteiger charge is 2.33. The third-order valence-corrected chi connectivity index (χ3v) is 8.46. The van der Waals surface area contributed by atoms with E-state index in [4.69, 9.17) is 14.5 Å². The van der Waals surface area contributed by atoms with Crippen LogP contribution in [-0.4, -0.2) is 18.3 Å². The molecule has 4 aromatic rings. The summed E-state index contributed by atoms with van der Waals surface area (Å²) in [6.07, 6.45) is 3.69. The molecule has 1 atom stereocenters. The van der Waals surface area contributed by atoms with Crippen LogP contribution in [0.25, 0.3) is 11.8 Å². The third-order valence-electron chi connectivity index (χ3n) is 6.86. The Morgan fingerprint density at radius 1 is 1.08 bits per heavy atom. The monoisotopic (exact) mass is 572 g/mol. The van der Waals surface area contributed by atoms with Crippen LogP contribution in [0.3, 0.4) is 0 Å². The summed E-state index contributed by atoms with van der Waals surface area (Å²) >= 11 is 5.01. The molecule has 0 fully saturated rings. The SMILES string of the molecule is CCOc1ccc(/C=c2\sc3n(c2=O)C(c2ccccc2OC)C2=C(N=3)c3ccccc3CC2)cc1Br. The molecule has 1 aromatic heterocycles. The number of nitrogens with zero attached hydrogens (tertiary/aromatic N) is 2. The van der Waals surface area contributed by atoms with Crippen molar-refractivity contribution >= 4 is 39.0 Å². The van der Waals surface area contributed by atoms with E-state index >= 15 is 0 Å². The van der Waals surface area contributed by atoms with E-state index in [0.717, 1.165) is 56.8 Å². The quantitative estimate of drug-likeness (QED) is 0.318. The molecule has 0 N–H and O–H groups in total.